The van der Waals surface area contributed by atoms with Crippen LogP contribution in [0, 0.1) is 11.2 Å². The van der Waals surface area contributed by atoms with Gasteiger partial charge < -0.3 is 20.5 Å². The van der Waals surface area contributed by atoms with Crippen LogP contribution in [0.5, 0.6) is 0 Å². The normalized spacial score (nSPS) is 11.9. The monoisotopic (exact) mass is 591 g/mol. The van der Waals surface area contributed by atoms with E-state index in [1.54, 1.807) is 24.8 Å². The van der Waals surface area contributed by atoms with E-state index in [1.807, 2.05) is 65.2 Å². The third kappa shape index (κ3) is 6.00. The number of H-pyrrole nitrogens is 2. The molecule has 5 heterocycles. The summed E-state index contributed by atoms with van der Waals surface area (Å²) in [6.07, 6.45) is 6.82. The number of pyridine rings is 3. The minimum Gasteiger partial charge on any atom is -0.384 e. The summed E-state index contributed by atoms with van der Waals surface area (Å²) in [5.41, 5.74) is 7.36. The summed E-state index contributed by atoms with van der Waals surface area (Å²) in [6.45, 7) is 7.10. The molecule has 0 radical (unpaired) electrons. The molecule has 4 N–H and O–H groups in total. The van der Waals surface area contributed by atoms with E-state index in [0.29, 0.717) is 34.8 Å². The number of rotatable bonds is 8. The predicted octanol–water partition coefficient (Wildman–Crippen LogP) is 6.33. The second-order valence-corrected chi connectivity index (χ2v) is 12.1. The fourth-order valence-electron chi connectivity index (χ4n) is 4.89. The highest BCUT2D eigenvalue weighted by Gasteiger charge is 2.22. The molecule has 1 amide bonds. The topological polar surface area (TPSA) is 128 Å². The Kier molecular flexibility index (Phi) is 7.56. The van der Waals surface area contributed by atoms with Crippen LogP contribution in [-0.4, -0.2) is 68.1 Å². The summed E-state index contributed by atoms with van der Waals surface area (Å²) in [5.74, 6) is -0.422. The number of aromatic amines is 2. The van der Waals surface area contributed by atoms with Gasteiger partial charge in [0.05, 0.1) is 40.5 Å². The zero-order chi connectivity index (χ0) is 31.0. The van der Waals surface area contributed by atoms with Gasteiger partial charge in [0.15, 0.2) is 0 Å². The first-order chi connectivity index (χ1) is 21.0. The summed E-state index contributed by atoms with van der Waals surface area (Å²) in [7, 11) is 4.00. The zero-order valence-corrected chi connectivity index (χ0v) is 25.3. The van der Waals surface area contributed by atoms with Crippen molar-refractivity contribution < 1.29 is 9.18 Å². The van der Waals surface area contributed by atoms with E-state index in [9.17, 15) is 9.18 Å². The van der Waals surface area contributed by atoms with Crippen molar-refractivity contribution in [1.82, 2.24) is 35.0 Å². The Morgan fingerprint density at radius 2 is 1.73 bits per heavy atom. The van der Waals surface area contributed by atoms with Crippen LogP contribution < -0.4 is 10.6 Å². The van der Waals surface area contributed by atoms with Crippen LogP contribution in [0.15, 0.2) is 67.3 Å². The third-order valence-corrected chi connectivity index (χ3v) is 7.28. The van der Waals surface area contributed by atoms with Crippen LogP contribution in [0.2, 0.25) is 0 Å². The van der Waals surface area contributed by atoms with Gasteiger partial charge in [0.1, 0.15) is 17.0 Å². The Morgan fingerprint density at radius 1 is 0.932 bits per heavy atom. The van der Waals surface area contributed by atoms with Crippen molar-refractivity contribution in [2.24, 2.45) is 5.41 Å². The first kappa shape index (κ1) is 28.9. The minimum atomic E-state index is -0.534. The van der Waals surface area contributed by atoms with Crippen molar-refractivity contribution in [3.05, 3.63) is 73.1 Å². The van der Waals surface area contributed by atoms with Gasteiger partial charge in [-0.25, -0.2) is 9.37 Å². The summed E-state index contributed by atoms with van der Waals surface area (Å²) in [6, 6.07) is 12.6. The van der Waals surface area contributed by atoms with Crippen molar-refractivity contribution in [3.8, 4) is 33.8 Å². The summed E-state index contributed by atoms with van der Waals surface area (Å²) >= 11 is 0. The fraction of sp³-hybridized carbons (Fsp3) is 0.242. The van der Waals surface area contributed by atoms with Crippen molar-refractivity contribution in [2.75, 3.05) is 37.8 Å². The number of aromatic nitrogens is 6. The Bertz CT molecular complexity index is 1990. The molecule has 6 aromatic rings. The lowest BCUT2D eigenvalue weighted by atomic mass is 9.95. The molecule has 0 bridgehead atoms. The molecule has 10 nitrogen and oxygen atoms in total. The number of amides is 1. The molecule has 0 spiro atoms. The van der Waals surface area contributed by atoms with E-state index in [0.717, 1.165) is 45.3 Å². The van der Waals surface area contributed by atoms with Crippen LogP contribution in [0.25, 0.3) is 55.7 Å². The zero-order valence-electron chi connectivity index (χ0n) is 25.3. The Labute approximate surface area is 254 Å². The number of nitrogens with one attached hydrogen (secondary N) is 4. The number of carbonyl (C=O) groups excluding carboxylic acids is 1. The molecular weight excluding hydrogens is 557 g/mol. The highest BCUT2D eigenvalue weighted by atomic mass is 19.1. The number of benzene rings is 1. The Hall–Kier alpha value is -5.16. The average Bonchev–Trinajstić information content (AvgIpc) is 3.60. The number of hydrogen-bond donors (Lipinski definition) is 4. The van der Waals surface area contributed by atoms with Crippen LogP contribution in [0.1, 0.15) is 20.8 Å². The highest BCUT2D eigenvalue weighted by molar-refractivity contribution is 6.00. The van der Waals surface area contributed by atoms with E-state index < -0.39 is 5.41 Å². The number of anilines is 2. The molecule has 44 heavy (non-hydrogen) atoms. The molecule has 0 aliphatic rings. The van der Waals surface area contributed by atoms with E-state index in [4.69, 9.17) is 4.98 Å². The number of halogens is 1. The lowest BCUT2D eigenvalue weighted by Crippen LogP contribution is -2.27. The van der Waals surface area contributed by atoms with Gasteiger partial charge in [-0.1, -0.05) is 20.8 Å². The number of carbonyl (C=O) groups is 1. The molecule has 0 atom stereocenters. The van der Waals surface area contributed by atoms with E-state index in [2.05, 4.69) is 40.7 Å². The maximum absolute atomic E-state index is 14.7. The van der Waals surface area contributed by atoms with Crippen molar-refractivity contribution >= 4 is 39.2 Å². The number of likely N-dealkylation sites (N-methyl/N-ethyl adjacent to an activating group) is 1. The first-order valence-corrected chi connectivity index (χ1v) is 14.3. The van der Waals surface area contributed by atoms with Crippen LogP contribution in [0.4, 0.5) is 15.8 Å². The van der Waals surface area contributed by atoms with E-state index in [1.165, 1.54) is 12.1 Å². The minimum absolute atomic E-state index is 0.0975. The third-order valence-electron chi connectivity index (χ3n) is 7.28. The van der Waals surface area contributed by atoms with Gasteiger partial charge in [-0.2, -0.15) is 5.10 Å². The van der Waals surface area contributed by atoms with Crippen molar-refractivity contribution in [1.29, 1.82) is 0 Å². The van der Waals surface area contributed by atoms with E-state index >= 15 is 0 Å². The number of nitrogens with zero attached hydrogens (tertiary/aromatic N) is 5. The molecule has 224 valence electrons. The lowest BCUT2D eigenvalue weighted by molar-refractivity contribution is -0.123. The molecule has 0 fully saturated rings. The Balaban J connectivity index is 1.35. The molecule has 6 rings (SSSR count). The maximum Gasteiger partial charge on any atom is 0.229 e. The Morgan fingerprint density at radius 3 is 2.52 bits per heavy atom. The van der Waals surface area contributed by atoms with Gasteiger partial charge in [-0.15, -0.1) is 0 Å². The van der Waals surface area contributed by atoms with Crippen LogP contribution in [-0.2, 0) is 4.79 Å². The van der Waals surface area contributed by atoms with Crippen LogP contribution in [0.3, 0.4) is 0 Å². The number of fused-ring (bicyclic) bond motifs is 2. The van der Waals surface area contributed by atoms with Gasteiger partial charge in [0.2, 0.25) is 5.91 Å². The highest BCUT2D eigenvalue weighted by Crippen LogP contribution is 2.35. The van der Waals surface area contributed by atoms with Gasteiger partial charge in [-0.05, 0) is 62.1 Å². The smallest absolute Gasteiger partial charge is 0.229 e. The standard InChI is InChI=1S/C33H34FN9O/c1-33(2,3)32(44)38-23-12-20(15-35-16-23)26-6-7-27-30(40-26)31(42-41-27)28-14-24-25(17-36-18-29(24)39-28)19-10-21(34)13-22(11-19)37-8-9-43(4)5/h6-7,10-18,37,39H,8-9H2,1-5H3,(H,38,44)(H,41,42). The number of hydrogen-bond acceptors (Lipinski definition) is 7. The van der Waals surface area contributed by atoms with Gasteiger partial charge in [-0.3, -0.25) is 19.9 Å². The molecule has 5 aromatic heterocycles. The fourth-order valence-corrected chi connectivity index (χ4v) is 4.89. The van der Waals surface area contributed by atoms with E-state index in [-0.39, 0.29) is 11.7 Å². The second-order valence-electron chi connectivity index (χ2n) is 12.1. The van der Waals surface area contributed by atoms with Crippen molar-refractivity contribution in [2.45, 2.75) is 20.8 Å². The molecule has 0 saturated heterocycles. The average molecular weight is 592 g/mol. The molecule has 1 aromatic carbocycles. The van der Waals surface area contributed by atoms with Crippen LogP contribution >= 0.6 is 0 Å². The second kappa shape index (κ2) is 11.5. The molecule has 0 aliphatic heterocycles. The predicted molar refractivity (Wildman–Crippen MR) is 173 cm³/mol. The van der Waals surface area contributed by atoms with Gasteiger partial charge in [0.25, 0.3) is 0 Å². The summed E-state index contributed by atoms with van der Waals surface area (Å²) in [4.78, 5) is 31.7. The maximum atomic E-state index is 14.7. The molecule has 0 unspecified atom stereocenters. The largest absolute Gasteiger partial charge is 0.384 e. The van der Waals surface area contributed by atoms with Crippen molar-refractivity contribution in [3.63, 3.8) is 0 Å². The molecule has 11 heteroatoms. The van der Waals surface area contributed by atoms with Gasteiger partial charge in [0, 0.05) is 53.1 Å². The molecule has 0 aliphatic carbocycles. The summed E-state index contributed by atoms with van der Waals surface area (Å²) < 4.78 is 14.7. The lowest BCUT2D eigenvalue weighted by Gasteiger charge is -2.17. The molecule has 0 saturated carbocycles. The summed E-state index contributed by atoms with van der Waals surface area (Å²) in [5, 5.41) is 14.8. The molecular formula is C33H34FN9O. The van der Waals surface area contributed by atoms with Gasteiger partial charge >= 0.3 is 0 Å². The SMILES string of the molecule is CN(C)CCNc1cc(F)cc(-c2cncc3[nH]c(-c4n[nH]c5ccc(-c6cncc(NC(=O)C(C)(C)C)c6)nc45)cc23)c1. The quantitative estimate of drug-likeness (QED) is 0.163. The first-order valence-electron chi connectivity index (χ1n) is 14.3.